The summed E-state index contributed by atoms with van der Waals surface area (Å²) in [6.07, 6.45) is 3.87. The zero-order chi connectivity index (χ0) is 24.6. The number of carbonyl (C=O) groups is 1. The summed E-state index contributed by atoms with van der Waals surface area (Å²) in [6.45, 7) is 7.61. The molecule has 1 saturated heterocycles. The van der Waals surface area contributed by atoms with Crippen LogP contribution in [0.1, 0.15) is 45.1 Å². The van der Waals surface area contributed by atoms with Gasteiger partial charge in [-0.25, -0.2) is 12.8 Å². The molecule has 6 nitrogen and oxygen atoms in total. The first-order valence-electron chi connectivity index (χ1n) is 11.7. The van der Waals surface area contributed by atoms with E-state index in [2.05, 4.69) is 29.3 Å². The third-order valence-corrected chi connectivity index (χ3v) is 8.43. The molecule has 0 bridgehead atoms. The van der Waals surface area contributed by atoms with Crippen molar-refractivity contribution in [1.82, 2.24) is 9.47 Å². The maximum Gasteiger partial charge on any atom is 0.261 e. The highest BCUT2D eigenvalue weighted by molar-refractivity contribution is 7.92. The van der Waals surface area contributed by atoms with E-state index in [0.717, 1.165) is 49.0 Å². The molecule has 1 amide bonds. The van der Waals surface area contributed by atoms with E-state index in [4.69, 9.17) is 0 Å². The van der Waals surface area contributed by atoms with E-state index in [1.165, 1.54) is 17.7 Å². The Balaban J connectivity index is 1.55. The number of fused-ring (bicyclic) bond motifs is 1. The summed E-state index contributed by atoms with van der Waals surface area (Å²) in [5, 5.41) is 1.00. The van der Waals surface area contributed by atoms with E-state index in [0.29, 0.717) is 17.5 Å². The SMILES string of the molecule is CC(C)[C@H](C)C(=O)N1CCC(c2cn(C)c3ccc(NS(=O)(=O)c4ccc(F)cc4)cc23)CC1. The molecule has 1 aliphatic rings. The van der Waals surface area contributed by atoms with Crippen molar-refractivity contribution in [2.24, 2.45) is 18.9 Å². The van der Waals surface area contributed by atoms with Crippen LogP contribution in [-0.4, -0.2) is 36.9 Å². The Morgan fingerprint density at radius 1 is 1.06 bits per heavy atom. The van der Waals surface area contributed by atoms with Gasteiger partial charge in [-0.2, -0.15) is 0 Å². The van der Waals surface area contributed by atoms with Crippen molar-refractivity contribution in [2.75, 3.05) is 17.8 Å². The number of hydrogen-bond donors (Lipinski definition) is 1. The van der Waals surface area contributed by atoms with Crippen LogP contribution < -0.4 is 4.72 Å². The van der Waals surface area contributed by atoms with Gasteiger partial charge in [-0.1, -0.05) is 20.8 Å². The molecule has 0 unspecified atom stereocenters. The number of piperidine rings is 1. The van der Waals surface area contributed by atoms with Gasteiger partial charge in [0.2, 0.25) is 5.91 Å². The second kappa shape index (κ2) is 9.41. The first-order valence-corrected chi connectivity index (χ1v) is 13.2. The summed E-state index contributed by atoms with van der Waals surface area (Å²) < 4.78 is 43.4. The Morgan fingerprint density at radius 2 is 1.71 bits per heavy atom. The first-order chi connectivity index (χ1) is 16.1. The lowest BCUT2D eigenvalue weighted by Crippen LogP contribution is -2.41. The van der Waals surface area contributed by atoms with Gasteiger partial charge in [0.05, 0.1) is 4.90 Å². The van der Waals surface area contributed by atoms with Gasteiger partial charge < -0.3 is 9.47 Å². The van der Waals surface area contributed by atoms with E-state index >= 15 is 0 Å². The van der Waals surface area contributed by atoms with Crippen molar-refractivity contribution in [2.45, 2.75) is 44.4 Å². The van der Waals surface area contributed by atoms with Crippen LogP contribution in [0, 0.1) is 17.7 Å². The zero-order valence-corrected chi connectivity index (χ0v) is 20.9. The largest absolute Gasteiger partial charge is 0.350 e. The van der Waals surface area contributed by atoms with Crippen LogP contribution in [-0.2, 0) is 21.9 Å². The first kappa shape index (κ1) is 24.3. The Hall–Kier alpha value is -2.87. The fourth-order valence-corrected chi connectivity index (χ4v) is 5.67. The number of rotatable bonds is 6. The van der Waals surface area contributed by atoms with Gasteiger partial charge in [0.25, 0.3) is 10.0 Å². The fraction of sp³-hybridized carbons (Fsp3) is 0.423. The molecule has 1 N–H and O–H groups in total. The summed E-state index contributed by atoms with van der Waals surface area (Å²) in [5.74, 6) is 0.377. The third kappa shape index (κ3) is 4.82. The van der Waals surface area contributed by atoms with E-state index < -0.39 is 15.8 Å². The van der Waals surface area contributed by atoms with Gasteiger partial charge in [0.15, 0.2) is 0 Å². The molecule has 0 radical (unpaired) electrons. The Labute approximate surface area is 200 Å². The second-order valence-corrected chi connectivity index (χ2v) is 11.3. The molecule has 2 aromatic carbocycles. The Kier molecular flexibility index (Phi) is 6.71. The molecule has 8 heteroatoms. The number of benzene rings is 2. The third-order valence-electron chi connectivity index (χ3n) is 7.03. The molecular weight excluding hydrogens is 453 g/mol. The molecule has 1 atom stereocenters. The molecule has 2 heterocycles. The molecule has 3 aromatic rings. The number of halogens is 1. The topological polar surface area (TPSA) is 71.4 Å². The normalized spacial score (nSPS) is 16.2. The van der Waals surface area contributed by atoms with Crippen LogP contribution in [0.3, 0.4) is 0 Å². The smallest absolute Gasteiger partial charge is 0.261 e. The maximum atomic E-state index is 13.2. The number of likely N-dealkylation sites (tertiary alicyclic amines) is 1. The Morgan fingerprint density at radius 3 is 2.32 bits per heavy atom. The van der Waals surface area contributed by atoms with Gasteiger partial charge in [0.1, 0.15) is 5.82 Å². The quantitative estimate of drug-likeness (QED) is 0.527. The average molecular weight is 486 g/mol. The van der Waals surface area contributed by atoms with Gasteiger partial charge in [0, 0.05) is 48.8 Å². The summed E-state index contributed by atoms with van der Waals surface area (Å²) in [5.41, 5.74) is 2.65. The van der Waals surface area contributed by atoms with Gasteiger partial charge in [-0.15, -0.1) is 0 Å². The average Bonchev–Trinajstić information content (AvgIpc) is 3.13. The number of nitrogens with one attached hydrogen (secondary N) is 1. The van der Waals surface area contributed by atoms with Gasteiger partial charge >= 0.3 is 0 Å². The highest BCUT2D eigenvalue weighted by Gasteiger charge is 2.29. The molecule has 0 saturated carbocycles. The number of nitrogens with zero attached hydrogens (tertiary/aromatic N) is 2. The predicted octanol–water partition coefficient (Wildman–Crippen LogP) is 5.12. The minimum atomic E-state index is -3.83. The minimum Gasteiger partial charge on any atom is -0.350 e. The van der Waals surface area contributed by atoms with Crippen molar-refractivity contribution in [3.05, 3.63) is 60.0 Å². The van der Waals surface area contributed by atoms with E-state index in [1.54, 1.807) is 6.07 Å². The standard InChI is InChI=1S/C26H32FN3O3S/c1-17(2)18(3)26(31)30-13-11-19(12-14-30)24-16-29(4)25-10-7-21(15-23(24)25)28-34(32,33)22-8-5-20(27)6-9-22/h5-10,15-19,28H,11-14H2,1-4H3/t18-/m0/s1. The van der Waals surface area contributed by atoms with Crippen molar-refractivity contribution < 1.29 is 17.6 Å². The van der Waals surface area contributed by atoms with Crippen LogP contribution in [0.4, 0.5) is 10.1 Å². The molecule has 34 heavy (non-hydrogen) atoms. The van der Waals surface area contributed by atoms with Crippen LogP contribution in [0.5, 0.6) is 0 Å². The second-order valence-electron chi connectivity index (χ2n) is 9.62. The van der Waals surface area contributed by atoms with Crippen LogP contribution >= 0.6 is 0 Å². The number of amides is 1. The molecule has 182 valence electrons. The predicted molar refractivity (Wildman–Crippen MR) is 133 cm³/mol. The van der Waals surface area contributed by atoms with E-state index in [9.17, 15) is 17.6 Å². The number of aryl methyl sites for hydroxylation is 1. The van der Waals surface area contributed by atoms with Crippen molar-refractivity contribution in [3.8, 4) is 0 Å². The van der Waals surface area contributed by atoms with Crippen molar-refractivity contribution >= 4 is 32.5 Å². The van der Waals surface area contributed by atoms with E-state index in [-0.39, 0.29) is 16.7 Å². The van der Waals surface area contributed by atoms with Gasteiger partial charge in [-0.05, 0) is 72.7 Å². The Bertz CT molecular complexity index is 1290. The molecule has 0 spiro atoms. The summed E-state index contributed by atoms with van der Waals surface area (Å²) in [4.78, 5) is 14.7. The molecule has 1 aromatic heterocycles. The van der Waals surface area contributed by atoms with E-state index in [1.807, 2.05) is 31.0 Å². The highest BCUT2D eigenvalue weighted by Crippen LogP contribution is 2.36. The van der Waals surface area contributed by atoms with Crippen LogP contribution in [0.25, 0.3) is 10.9 Å². The summed E-state index contributed by atoms with van der Waals surface area (Å²) in [7, 11) is -1.85. The lowest BCUT2D eigenvalue weighted by molar-refractivity contribution is -0.137. The minimum absolute atomic E-state index is 0.00921. The number of hydrogen-bond acceptors (Lipinski definition) is 3. The summed E-state index contributed by atoms with van der Waals surface area (Å²) in [6, 6.07) is 10.3. The number of anilines is 1. The molecule has 1 aliphatic heterocycles. The fourth-order valence-electron chi connectivity index (χ4n) is 4.62. The lowest BCUT2D eigenvalue weighted by Gasteiger charge is -2.34. The van der Waals surface area contributed by atoms with Crippen LogP contribution in [0.2, 0.25) is 0 Å². The maximum absolute atomic E-state index is 13.2. The lowest BCUT2D eigenvalue weighted by atomic mass is 9.88. The number of aromatic nitrogens is 1. The monoisotopic (exact) mass is 485 g/mol. The number of carbonyl (C=O) groups excluding carboxylic acids is 1. The molecule has 0 aliphatic carbocycles. The van der Waals surface area contributed by atoms with Crippen molar-refractivity contribution in [1.29, 1.82) is 0 Å². The highest BCUT2D eigenvalue weighted by atomic mass is 32.2. The molecule has 1 fully saturated rings. The van der Waals surface area contributed by atoms with Crippen LogP contribution in [0.15, 0.2) is 53.6 Å². The number of sulfonamides is 1. The summed E-state index contributed by atoms with van der Waals surface area (Å²) >= 11 is 0. The van der Waals surface area contributed by atoms with Gasteiger partial charge in [-0.3, -0.25) is 9.52 Å². The molecule has 4 rings (SSSR count). The zero-order valence-electron chi connectivity index (χ0n) is 20.1. The van der Waals surface area contributed by atoms with Crippen molar-refractivity contribution in [3.63, 3.8) is 0 Å². The molecular formula is C26H32FN3O3S.